The normalized spacial score (nSPS) is 10.3. The van der Waals surface area contributed by atoms with E-state index >= 15 is 0 Å². The highest BCUT2D eigenvalue weighted by Gasteiger charge is 2.13. The van der Waals surface area contributed by atoms with E-state index in [1.54, 1.807) is 24.3 Å². The Morgan fingerprint density at radius 1 is 1.21 bits per heavy atom. The van der Waals surface area contributed by atoms with Crippen molar-refractivity contribution >= 4 is 28.4 Å². The first-order chi connectivity index (χ1) is 9.11. The van der Waals surface area contributed by atoms with Crippen LogP contribution in [0.4, 0.5) is 4.39 Å². The van der Waals surface area contributed by atoms with Crippen LogP contribution in [-0.2, 0) is 0 Å². The molecule has 0 saturated heterocycles. The largest absolute Gasteiger partial charge is 0.494 e. The molecule has 0 unspecified atom stereocenters. The molecule has 0 radical (unpaired) electrons. The van der Waals surface area contributed by atoms with Crippen molar-refractivity contribution in [1.29, 1.82) is 0 Å². The van der Waals surface area contributed by atoms with Gasteiger partial charge in [0.25, 0.3) is 0 Å². The Morgan fingerprint density at radius 3 is 2.47 bits per heavy atom. The van der Waals surface area contributed by atoms with Crippen LogP contribution in [0.2, 0.25) is 0 Å². The molecule has 0 aliphatic heterocycles. The second-order valence-corrected chi connectivity index (χ2v) is 5.07. The second kappa shape index (κ2) is 6.14. The molecule has 0 aliphatic rings. The highest BCUT2D eigenvalue weighted by Crippen LogP contribution is 2.20. The minimum absolute atomic E-state index is 0.118. The van der Waals surface area contributed by atoms with E-state index in [0.29, 0.717) is 21.3 Å². The first-order valence-corrected chi connectivity index (χ1v) is 6.92. The highest BCUT2D eigenvalue weighted by atomic mass is 127. The van der Waals surface area contributed by atoms with E-state index in [-0.39, 0.29) is 11.6 Å². The Bertz CT molecular complexity index is 594. The SMILES string of the molecule is CCOc1ccc(C(=O)c2ccc(F)cc2I)cc1. The Labute approximate surface area is 124 Å². The molecule has 0 spiro atoms. The zero-order chi connectivity index (χ0) is 13.8. The van der Waals surface area contributed by atoms with Crippen LogP contribution in [0, 0.1) is 9.39 Å². The summed E-state index contributed by atoms with van der Waals surface area (Å²) in [4.78, 5) is 12.3. The Balaban J connectivity index is 2.28. The first-order valence-electron chi connectivity index (χ1n) is 5.84. The van der Waals surface area contributed by atoms with Gasteiger partial charge in [-0.05, 0) is 72.0 Å². The molecule has 0 saturated carbocycles. The topological polar surface area (TPSA) is 26.3 Å². The van der Waals surface area contributed by atoms with Gasteiger partial charge in [0.05, 0.1) is 6.61 Å². The van der Waals surface area contributed by atoms with Crippen molar-refractivity contribution in [2.45, 2.75) is 6.92 Å². The Morgan fingerprint density at radius 2 is 1.89 bits per heavy atom. The summed E-state index contributed by atoms with van der Waals surface area (Å²) < 4.78 is 18.9. The number of halogens is 2. The predicted molar refractivity (Wildman–Crippen MR) is 80.2 cm³/mol. The molecule has 2 nitrogen and oxygen atoms in total. The van der Waals surface area contributed by atoms with Crippen molar-refractivity contribution in [3.63, 3.8) is 0 Å². The van der Waals surface area contributed by atoms with Gasteiger partial charge < -0.3 is 4.74 Å². The molecule has 2 rings (SSSR count). The molecule has 0 aliphatic carbocycles. The van der Waals surface area contributed by atoms with Crippen molar-refractivity contribution < 1.29 is 13.9 Å². The maximum Gasteiger partial charge on any atom is 0.194 e. The van der Waals surface area contributed by atoms with Gasteiger partial charge in [0.1, 0.15) is 11.6 Å². The van der Waals surface area contributed by atoms with Gasteiger partial charge >= 0.3 is 0 Å². The maximum absolute atomic E-state index is 13.0. The van der Waals surface area contributed by atoms with E-state index in [2.05, 4.69) is 0 Å². The minimum atomic E-state index is -0.340. The molecular formula is C15H12FIO2. The molecule has 0 aromatic heterocycles. The van der Waals surface area contributed by atoms with Gasteiger partial charge in [-0.3, -0.25) is 4.79 Å². The first kappa shape index (κ1) is 14.0. The van der Waals surface area contributed by atoms with Crippen LogP contribution in [0.3, 0.4) is 0 Å². The molecule has 0 amide bonds. The van der Waals surface area contributed by atoms with Gasteiger partial charge in [0, 0.05) is 14.7 Å². The van der Waals surface area contributed by atoms with E-state index in [9.17, 15) is 9.18 Å². The lowest BCUT2D eigenvalue weighted by atomic mass is 10.0. The molecule has 0 atom stereocenters. The number of ether oxygens (including phenoxy) is 1. The third-order valence-electron chi connectivity index (χ3n) is 2.60. The van der Waals surface area contributed by atoms with Crippen LogP contribution >= 0.6 is 22.6 Å². The summed E-state index contributed by atoms with van der Waals surface area (Å²) in [5, 5.41) is 0. The van der Waals surface area contributed by atoms with Crippen molar-refractivity contribution in [2.24, 2.45) is 0 Å². The summed E-state index contributed by atoms with van der Waals surface area (Å²) >= 11 is 1.96. The number of carbonyl (C=O) groups excluding carboxylic acids is 1. The molecule has 19 heavy (non-hydrogen) atoms. The molecule has 0 heterocycles. The summed E-state index contributed by atoms with van der Waals surface area (Å²) in [5.41, 5.74) is 1.07. The second-order valence-electron chi connectivity index (χ2n) is 3.91. The molecular weight excluding hydrogens is 358 g/mol. The maximum atomic E-state index is 13.0. The number of hydrogen-bond acceptors (Lipinski definition) is 2. The van der Waals surface area contributed by atoms with Crippen LogP contribution in [-0.4, -0.2) is 12.4 Å². The molecule has 0 fully saturated rings. The summed E-state index contributed by atoms with van der Waals surface area (Å²) in [6, 6.07) is 11.1. The Hall–Kier alpha value is -1.43. The van der Waals surface area contributed by atoms with Crippen molar-refractivity contribution in [3.8, 4) is 5.75 Å². The van der Waals surface area contributed by atoms with Gasteiger partial charge in [0.15, 0.2) is 5.78 Å². The molecule has 0 bridgehead atoms. The van der Waals surface area contributed by atoms with Crippen LogP contribution in [0.25, 0.3) is 0 Å². The fourth-order valence-electron chi connectivity index (χ4n) is 1.70. The van der Waals surface area contributed by atoms with Crippen molar-refractivity contribution in [3.05, 3.63) is 63.0 Å². The van der Waals surface area contributed by atoms with E-state index in [1.807, 2.05) is 29.5 Å². The van der Waals surface area contributed by atoms with Crippen LogP contribution in [0.15, 0.2) is 42.5 Å². The van der Waals surface area contributed by atoms with Gasteiger partial charge in [0.2, 0.25) is 0 Å². The molecule has 0 N–H and O–H groups in total. The summed E-state index contributed by atoms with van der Waals surface area (Å²) in [6.45, 7) is 2.49. The number of rotatable bonds is 4. The quantitative estimate of drug-likeness (QED) is 0.600. The molecule has 4 heteroatoms. The van der Waals surface area contributed by atoms with Crippen molar-refractivity contribution in [2.75, 3.05) is 6.61 Å². The lowest BCUT2D eigenvalue weighted by Crippen LogP contribution is -2.04. The van der Waals surface area contributed by atoms with E-state index < -0.39 is 0 Å². The zero-order valence-corrected chi connectivity index (χ0v) is 12.5. The van der Waals surface area contributed by atoms with Gasteiger partial charge in [-0.15, -0.1) is 0 Å². The van der Waals surface area contributed by atoms with Gasteiger partial charge in [-0.25, -0.2) is 4.39 Å². The van der Waals surface area contributed by atoms with Gasteiger partial charge in [-0.1, -0.05) is 0 Å². The van der Waals surface area contributed by atoms with E-state index in [4.69, 9.17) is 4.74 Å². The lowest BCUT2D eigenvalue weighted by molar-refractivity contribution is 0.103. The fraction of sp³-hybridized carbons (Fsp3) is 0.133. The number of hydrogen-bond donors (Lipinski definition) is 0. The third-order valence-corrected chi connectivity index (χ3v) is 3.50. The third kappa shape index (κ3) is 3.32. The molecule has 2 aromatic rings. The average molecular weight is 370 g/mol. The van der Waals surface area contributed by atoms with Gasteiger partial charge in [-0.2, -0.15) is 0 Å². The highest BCUT2D eigenvalue weighted by molar-refractivity contribution is 14.1. The number of carbonyl (C=O) groups is 1. The van der Waals surface area contributed by atoms with E-state index in [0.717, 1.165) is 5.75 Å². The summed E-state index contributed by atoms with van der Waals surface area (Å²) in [6.07, 6.45) is 0. The predicted octanol–water partition coefficient (Wildman–Crippen LogP) is 4.06. The van der Waals surface area contributed by atoms with Crippen LogP contribution in [0.1, 0.15) is 22.8 Å². The summed E-state index contributed by atoms with van der Waals surface area (Å²) in [7, 11) is 0. The molecule has 2 aromatic carbocycles. The number of ketones is 1. The molecule has 98 valence electrons. The minimum Gasteiger partial charge on any atom is -0.494 e. The lowest BCUT2D eigenvalue weighted by Gasteiger charge is -2.06. The smallest absolute Gasteiger partial charge is 0.194 e. The van der Waals surface area contributed by atoms with Crippen LogP contribution in [0.5, 0.6) is 5.75 Å². The average Bonchev–Trinajstić information content (AvgIpc) is 2.39. The summed E-state index contributed by atoms with van der Waals surface area (Å²) in [5.74, 6) is 0.271. The number of benzene rings is 2. The van der Waals surface area contributed by atoms with Crippen LogP contribution < -0.4 is 4.74 Å². The standard InChI is InChI=1S/C15H12FIO2/c1-2-19-12-6-3-10(4-7-12)15(18)13-8-5-11(16)9-14(13)17/h3-9H,2H2,1H3. The Kier molecular flexibility index (Phi) is 4.52. The monoisotopic (exact) mass is 370 g/mol. The van der Waals surface area contributed by atoms with Crippen molar-refractivity contribution in [1.82, 2.24) is 0 Å². The fourth-order valence-corrected chi connectivity index (χ4v) is 2.42. The van der Waals surface area contributed by atoms with E-state index in [1.165, 1.54) is 18.2 Å². The zero-order valence-electron chi connectivity index (χ0n) is 10.3.